The van der Waals surface area contributed by atoms with E-state index in [4.69, 9.17) is 6.58 Å². The molecule has 42 heavy (non-hydrogen) atoms. The molecular formula is C42H54. The smallest absolute Gasteiger partial charge is 0.0104 e. The maximum Gasteiger partial charge on any atom is 0.0104 e. The second-order valence-electron chi connectivity index (χ2n) is 12.8. The third kappa shape index (κ3) is 7.44. The van der Waals surface area contributed by atoms with Gasteiger partial charge in [0, 0.05) is 5.92 Å². The number of allylic oxidation sites excluding steroid dienone is 10. The van der Waals surface area contributed by atoms with Crippen molar-refractivity contribution in [3.05, 3.63) is 141 Å². The SMILES string of the molecule is C=C(C1=CC=CC1)C1=C(C)C(=C)C(CCC(=CCCC)Cc2cc(CC)ccc2C)CC1c1ccc(C(C)CC)cc1. The van der Waals surface area contributed by atoms with Crippen LogP contribution in [0, 0.1) is 12.8 Å². The number of aryl methyl sites for hydroxylation is 2. The van der Waals surface area contributed by atoms with E-state index in [1.165, 1.54) is 68.5 Å². The first-order chi connectivity index (χ1) is 20.3. The number of hydrogen-bond acceptors (Lipinski definition) is 0. The Labute approximate surface area is 257 Å². The van der Waals surface area contributed by atoms with E-state index in [9.17, 15) is 0 Å². The van der Waals surface area contributed by atoms with Gasteiger partial charge < -0.3 is 0 Å². The third-order valence-corrected chi connectivity index (χ3v) is 10.0. The number of hydrogen-bond donors (Lipinski definition) is 0. The molecule has 0 heterocycles. The average molecular weight is 559 g/mol. The highest BCUT2D eigenvalue weighted by Gasteiger charge is 2.33. The number of unbranched alkanes of at least 4 members (excludes halogenated alkanes) is 1. The second-order valence-corrected chi connectivity index (χ2v) is 12.8. The van der Waals surface area contributed by atoms with Crippen LogP contribution in [0.25, 0.3) is 0 Å². The fraction of sp³-hybridized carbons (Fsp3) is 0.429. The zero-order valence-electron chi connectivity index (χ0n) is 27.4. The lowest BCUT2D eigenvalue weighted by atomic mass is 9.67. The predicted octanol–water partition coefficient (Wildman–Crippen LogP) is 12.2. The Morgan fingerprint density at radius 3 is 2.45 bits per heavy atom. The fourth-order valence-electron chi connectivity index (χ4n) is 6.80. The van der Waals surface area contributed by atoms with E-state index >= 15 is 0 Å². The largest absolute Gasteiger partial charge is 0.0953 e. The summed E-state index contributed by atoms with van der Waals surface area (Å²) in [5.41, 5.74) is 15.5. The predicted molar refractivity (Wildman–Crippen MR) is 185 cm³/mol. The molecule has 2 aromatic carbocycles. The third-order valence-electron chi connectivity index (χ3n) is 10.0. The first kappa shape index (κ1) is 31.8. The van der Waals surface area contributed by atoms with Crippen LogP contribution in [-0.2, 0) is 12.8 Å². The Morgan fingerprint density at radius 2 is 1.81 bits per heavy atom. The van der Waals surface area contributed by atoms with E-state index < -0.39 is 0 Å². The normalized spacial score (nSPS) is 19.8. The lowest BCUT2D eigenvalue weighted by Crippen LogP contribution is -2.21. The van der Waals surface area contributed by atoms with E-state index in [1.807, 2.05) is 0 Å². The molecule has 0 aliphatic heterocycles. The van der Waals surface area contributed by atoms with E-state index in [-0.39, 0.29) is 0 Å². The summed E-state index contributed by atoms with van der Waals surface area (Å²) in [6.45, 7) is 23.1. The molecule has 0 N–H and O–H groups in total. The van der Waals surface area contributed by atoms with E-state index in [2.05, 4.69) is 115 Å². The van der Waals surface area contributed by atoms with Gasteiger partial charge in [0.05, 0.1) is 0 Å². The molecule has 0 radical (unpaired) electrons. The Balaban J connectivity index is 1.61. The maximum absolute atomic E-state index is 4.72. The summed E-state index contributed by atoms with van der Waals surface area (Å²) in [7, 11) is 0. The van der Waals surface area contributed by atoms with Crippen molar-refractivity contribution in [2.75, 3.05) is 0 Å². The molecule has 222 valence electrons. The molecule has 2 aliphatic rings. The molecule has 0 fully saturated rings. The summed E-state index contributed by atoms with van der Waals surface area (Å²) in [4.78, 5) is 0. The Kier molecular flexibility index (Phi) is 11.3. The molecule has 3 atom stereocenters. The summed E-state index contributed by atoms with van der Waals surface area (Å²) in [6, 6.07) is 16.6. The van der Waals surface area contributed by atoms with Crippen LogP contribution in [0.5, 0.6) is 0 Å². The highest BCUT2D eigenvalue weighted by atomic mass is 14.4. The summed E-state index contributed by atoms with van der Waals surface area (Å²) in [5.74, 6) is 1.42. The first-order valence-electron chi connectivity index (χ1n) is 16.6. The van der Waals surface area contributed by atoms with Gasteiger partial charge in [0.2, 0.25) is 0 Å². The van der Waals surface area contributed by atoms with E-state index in [1.54, 1.807) is 5.57 Å². The molecule has 0 heteroatoms. The second kappa shape index (κ2) is 14.9. The van der Waals surface area contributed by atoms with Crippen molar-refractivity contribution in [3.8, 4) is 0 Å². The van der Waals surface area contributed by atoms with Crippen molar-refractivity contribution in [3.63, 3.8) is 0 Å². The monoisotopic (exact) mass is 558 g/mol. The highest BCUT2D eigenvalue weighted by molar-refractivity contribution is 5.59. The van der Waals surface area contributed by atoms with Crippen molar-refractivity contribution in [2.45, 2.75) is 111 Å². The van der Waals surface area contributed by atoms with Crippen LogP contribution < -0.4 is 0 Å². The molecular weight excluding hydrogens is 504 g/mol. The topological polar surface area (TPSA) is 0 Å². The van der Waals surface area contributed by atoms with Gasteiger partial charge in [0.1, 0.15) is 0 Å². The lowest BCUT2D eigenvalue weighted by Gasteiger charge is -2.37. The van der Waals surface area contributed by atoms with Gasteiger partial charge in [-0.1, -0.05) is 120 Å². The summed E-state index contributed by atoms with van der Waals surface area (Å²) >= 11 is 0. The van der Waals surface area contributed by atoms with Gasteiger partial charge in [-0.2, -0.15) is 0 Å². The van der Waals surface area contributed by atoms with Crippen LogP contribution in [0.4, 0.5) is 0 Å². The lowest BCUT2D eigenvalue weighted by molar-refractivity contribution is 0.469. The standard InChI is InChI=1S/C42H54/c1-9-12-15-35(27-40-26-34(11-3)19-18-30(40)5)20-21-39-28-41(38-24-22-36(23-25-38)29(4)10-2)42(32(7)31(39)6)33(8)37-16-13-14-17-37/h13-16,18-19,22-26,29,39,41H,6,8-12,17,20-21,27-28H2,1-5,7H3. The van der Waals surface area contributed by atoms with Gasteiger partial charge in [-0.05, 0) is 133 Å². The van der Waals surface area contributed by atoms with Crippen LogP contribution in [0.2, 0.25) is 0 Å². The van der Waals surface area contributed by atoms with Crippen molar-refractivity contribution in [2.24, 2.45) is 5.92 Å². The molecule has 0 spiro atoms. The van der Waals surface area contributed by atoms with Gasteiger partial charge in [-0.15, -0.1) is 0 Å². The molecule has 4 rings (SSSR count). The van der Waals surface area contributed by atoms with Gasteiger partial charge >= 0.3 is 0 Å². The van der Waals surface area contributed by atoms with Gasteiger partial charge in [-0.25, -0.2) is 0 Å². The molecule has 0 nitrogen and oxygen atoms in total. The molecule has 3 unspecified atom stereocenters. The molecule has 2 aliphatic carbocycles. The average Bonchev–Trinajstić information content (AvgIpc) is 3.56. The summed E-state index contributed by atoms with van der Waals surface area (Å²) < 4.78 is 0. The Hall–Kier alpha value is -3.12. The van der Waals surface area contributed by atoms with Crippen molar-refractivity contribution < 1.29 is 0 Å². The van der Waals surface area contributed by atoms with Crippen molar-refractivity contribution in [1.82, 2.24) is 0 Å². The first-order valence-corrected chi connectivity index (χ1v) is 16.6. The molecule has 0 amide bonds. The van der Waals surface area contributed by atoms with Crippen LogP contribution in [0.1, 0.15) is 119 Å². The number of benzene rings is 2. The minimum atomic E-state index is 0.354. The van der Waals surface area contributed by atoms with Gasteiger partial charge in [-0.3, -0.25) is 0 Å². The molecule has 0 saturated carbocycles. The van der Waals surface area contributed by atoms with Crippen molar-refractivity contribution >= 4 is 0 Å². The maximum atomic E-state index is 4.72. The van der Waals surface area contributed by atoms with Gasteiger partial charge in [0.15, 0.2) is 0 Å². The fourth-order valence-corrected chi connectivity index (χ4v) is 6.80. The summed E-state index contributed by atoms with van der Waals surface area (Å²) in [6.07, 6.45) is 19.3. The van der Waals surface area contributed by atoms with E-state index in [0.29, 0.717) is 17.8 Å². The van der Waals surface area contributed by atoms with Crippen LogP contribution >= 0.6 is 0 Å². The van der Waals surface area contributed by atoms with E-state index in [0.717, 1.165) is 44.9 Å². The van der Waals surface area contributed by atoms with Gasteiger partial charge in [0.25, 0.3) is 0 Å². The molecule has 2 aromatic rings. The Morgan fingerprint density at radius 1 is 1.05 bits per heavy atom. The number of rotatable bonds is 13. The molecule has 0 aromatic heterocycles. The van der Waals surface area contributed by atoms with Crippen LogP contribution in [0.15, 0.2) is 113 Å². The zero-order valence-corrected chi connectivity index (χ0v) is 27.4. The van der Waals surface area contributed by atoms with Crippen LogP contribution in [0.3, 0.4) is 0 Å². The Bertz CT molecular complexity index is 1380. The minimum absolute atomic E-state index is 0.354. The minimum Gasteiger partial charge on any atom is -0.0953 e. The van der Waals surface area contributed by atoms with Crippen molar-refractivity contribution in [1.29, 1.82) is 0 Å². The zero-order chi connectivity index (χ0) is 30.2. The molecule has 0 saturated heterocycles. The van der Waals surface area contributed by atoms with Crippen LogP contribution in [-0.4, -0.2) is 0 Å². The highest BCUT2D eigenvalue weighted by Crippen LogP contribution is 2.49. The summed E-state index contributed by atoms with van der Waals surface area (Å²) in [5, 5.41) is 0. The molecule has 0 bridgehead atoms. The quantitative estimate of drug-likeness (QED) is 0.214.